The number of amides is 1. The molecule has 1 fully saturated rings. The van der Waals surface area contributed by atoms with Gasteiger partial charge in [-0.2, -0.15) is 0 Å². The molecule has 15 heavy (non-hydrogen) atoms. The minimum atomic E-state index is -0.129. The van der Waals surface area contributed by atoms with E-state index in [9.17, 15) is 4.79 Å². The molecular weight excluding hydrogens is 190 g/mol. The molecule has 0 heterocycles. The molecule has 1 aliphatic rings. The Morgan fingerprint density at radius 1 is 1.53 bits per heavy atom. The van der Waals surface area contributed by atoms with Crippen LogP contribution in [0.15, 0.2) is 12.7 Å². The van der Waals surface area contributed by atoms with E-state index in [0.29, 0.717) is 25.2 Å². The van der Waals surface area contributed by atoms with E-state index in [1.807, 2.05) is 0 Å². The fourth-order valence-corrected chi connectivity index (χ4v) is 1.99. The first kappa shape index (κ1) is 12.2. The van der Waals surface area contributed by atoms with E-state index in [4.69, 9.17) is 4.74 Å². The average molecular weight is 211 g/mol. The van der Waals surface area contributed by atoms with E-state index in [1.54, 1.807) is 0 Å². The van der Waals surface area contributed by atoms with Crippen LogP contribution in [-0.4, -0.2) is 25.2 Å². The lowest BCUT2D eigenvalue weighted by atomic mass is 9.88. The van der Waals surface area contributed by atoms with E-state index in [2.05, 4.69) is 18.8 Å². The summed E-state index contributed by atoms with van der Waals surface area (Å²) in [5.74, 6) is 0.532. The molecule has 0 aromatic heterocycles. The smallest absolute Gasteiger partial charge is 0.243 e. The molecular formula is C12H21NO2. The van der Waals surface area contributed by atoms with Crippen LogP contribution in [0.1, 0.15) is 32.6 Å². The molecule has 3 heteroatoms. The summed E-state index contributed by atoms with van der Waals surface area (Å²) in [4.78, 5) is 10.8. The molecule has 0 radical (unpaired) electrons. The average Bonchev–Trinajstić information content (AvgIpc) is 2.26. The highest BCUT2D eigenvalue weighted by atomic mass is 16.5. The Bertz CT molecular complexity index is 216. The van der Waals surface area contributed by atoms with Gasteiger partial charge in [-0.3, -0.25) is 4.79 Å². The van der Waals surface area contributed by atoms with Gasteiger partial charge in [-0.05, 0) is 24.8 Å². The molecule has 0 saturated heterocycles. The molecule has 86 valence electrons. The predicted molar refractivity (Wildman–Crippen MR) is 60.6 cm³/mol. The Kier molecular flexibility index (Phi) is 5.40. The topological polar surface area (TPSA) is 38.3 Å². The van der Waals surface area contributed by atoms with Crippen molar-refractivity contribution in [2.24, 2.45) is 5.92 Å². The second-order valence-corrected chi connectivity index (χ2v) is 4.17. The Hall–Kier alpha value is -0.830. The van der Waals surface area contributed by atoms with Gasteiger partial charge < -0.3 is 10.1 Å². The zero-order chi connectivity index (χ0) is 11.1. The minimum absolute atomic E-state index is 0.129. The van der Waals surface area contributed by atoms with Crippen LogP contribution in [0.4, 0.5) is 0 Å². The largest absolute Gasteiger partial charge is 0.376 e. The molecule has 0 spiro atoms. The van der Waals surface area contributed by atoms with Crippen molar-refractivity contribution in [2.45, 2.75) is 38.7 Å². The number of nitrogens with one attached hydrogen (secondary N) is 1. The zero-order valence-corrected chi connectivity index (χ0v) is 9.50. The van der Waals surface area contributed by atoms with Crippen LogP contribution < -0.4 is 5.32 Å². The van der Waals surface area contributed by atoms with Crippen LogP contribution in [0, 0.1) is 5.92 Å². The maximum Gasteiger partial charge on any atom is 0.243 e. The standard InChI is InChI=1S/C12H21NO2/c1-3-12(14)13-8-9-15-11-7-5-4-6-10(11)2/h3,10-11H,1,4-9H2,2H3,(H,13,14)/t10-,11-/m1/s1. The second-order valence-electron chi connectivity index (χ2n) is 4.17. The lowest BCUT2D eigenvalue weighted by molar-refractivity contribution is -0.116. The van der Waals surface area contributed by atoms with Gasteiger partial charge in [0.15, 0.2) is 0 Å². The summed E-state index contributed by atoms with van der Waals surface area (Å²) < 4.78 is 5.74. The first-order valence-electron chi connectivity index (χ1n) is 5.76. The monoisotopic (exact) mass is 211 g/mol. The quantitative estimate of drug-likeness (QED) is 0.557. The van der Waals surface area contributed by atoms with Gasteiger partial charge in [-0.25, -0.2) is 0 Å². The number of hydrogen-bond acceptors (Lipinski definition) is 2. The minimum Gasteiger partial charge on any atom is -0.376 e. The van der Waals surface area contributed by atoms with Crippen molar-refractivity contribution in [1.82, 2.24) is 5.32 Å². The van der Waals surface area contributed by atoms with E-state index >= 15 is 0 Å². The lowest BCUT2D eigenvalue weighted by Crippen LogP contribution is -2.31. The summed E-state index contributed by atoms with van der Waals surface area (Å²) in [7, 11) is 0. The normalized spacial score (nSPS) is 25.9. The van der Waals surface area contributed by atoms with Gasteiger partial charge in [0.1, 0.15) is 0 Å². The van der Waals surface area contributed by atoms with E-state index in [0.717, 1.165) is 6.42 Å². The van der Waals surface area contributed by atoms with Crippen molar-refractivity contribution in [3.63, 3.8) is 0 Å². The van der Waals surface area contributed by atoms with Crippen LogP contribution in [0.2, 0.25) is 0 Å². The van der Waals surface area contributed by atoms with Crippen LogP contribution in [0.3, 0.4) is 0 Å². The Morgan fingerprint density at radius 3 is 2.93 bits per heavy atom. The van der Waals surface area contributed by atoms with Crippen LogP contribution >= 0.6 is 0 Å². The summed E-state index contributed by atoms with van der Waals surface area (Å²) >= 11 is 0. The summed E-state index contributed by atoms with van der Waals surface area (Å²) in [6.45, 7) is 6.81. The number of ether oxygens (including phenoxy) is 1. The van der Waals surface area contributed by atoms with E-state index in [-0.39, 0.29) is 5.91 Å². The van der Waals surface area contributed by atoms with Crippen molar-refractivity contribution in [3.8, 4) is 0 Å². The highest BCUT2D eigenvalue weighted by Crippen LogP contribution is 2.25. The maximum atomic E-state index is 10.8. The summed E-state index contributed by atoms with van der Waals surface area (Å²) in [5.41, 5.74) is 0. The molecule has 2 atom stereocenters. The molecule has 0 bridgehead atoms. The molecule has 0 aromatic rings. The van der Waals surface area contributed by atoms with Gasteiger partial charge in [0.25, 0.3) is 0 Å². The number of carbonyl (C=O) groups is 1. The fourth-order valence-electron chi connectivity index (χ4n) is 1.99. The van der Waals surface area contributed by atoms with Crippen molar-refractivity contribution in [2.75, 3.05) is 13.2 Å². The summed E-state index contributed by atoms with van der Waals surface area (Å²) in [6.07, 6.45) is 6.70. The SMILES string of the molecule is C=CC(=O)NCCO[C@@H]1CCCC[C@H]1C. The first-order chi connectivity index (χ1) is 7.24. The number of carbonyl (C=O) groups excluding carboxylic acids is 1. The van der Waals surface area contributed by atoms with E-state index in [1.165, 1.54) is 25.3 Å². The maximum absolute atomic E-state index is 10.8. The van der Waals surface area contributed by atoms with Gasteiger partial charge >= 0.3 is 0 Å². The molecule has 3 nitrogen and oxygen atoms in total. The lowest BCUT2D eigenvalue weighted by Gasteiger charge is -2.28. The van der Waals surface area contributed by atoms with Crippen molar-refractivity contribution >= 4 is 5.91 Å². The van der Waals surface area contributed by atoms with Gasteiger partial charge in [-0.1, -0.05) is 26.3 Å². The molecule has 1 saturated carbocycles. The van der Waals surface area contributed by atoms with Gasteiger partial charge in [-0.15, -0.1) is 0 Å². The van der Waals surface area contributed by atoms with E-state index < -0.39 is 0 Å². The van der Waals surface area contributed by atoms with Crippen molar-refractivity contribution in [3.05, 3.63) is 12.7 Å². The number of rotatable bonds is 5. The van der Waals surface area contributed by atoms with Crippen LogP contribution in [0.25, 0.3) is 0 Å². The Balaban J connectivity index is 2.08. The third-order valence-electron chi connectivity index (χ3n) is 2.95. The molecule has 1 rings (SSSR count). The van der Waals surface area contributed by atoms with Crippen LogP contribution in [-0.2, 0) is 9.53 Å². The molecule has 1 aliphatic carbocycles. The highest BCUT2D eigenvalue weighted by Gasteiger charge is 2.21. The third-order valence-corrected chi connectivity index (χ3v) is 2.95. The van der Waals surface area contributed by atoms with Gasteiger partial charge in [0.05, 0.1) is 12.7 Å². The summed E-state index contributed by atoms with van der Waals surface area (Å²) in [5, 5.41) is 2.70. The van der Waals surface area contributed by atoms with Crippen LogP contribution in [0.5, 0.6) is 0 Å². The third kappa shape index (κ3) is 4.47. The molecule has 0 unspecified atom stereocenters. The first-order valence-corrected chi connectivity index (χ1v) is 5.76. The van der Waals surface area contributed by atoms with Gasteiger partial charge in [0, 0.05) is 6.54 Å². The zero-order valence-electron chi connectivity index (χ0n) is 9.50. The molecule has 0 aliphatic heterocycles. The molecule has 1 N–H and O–H groups in total. The fraction of sp³-hybridized carbons (Fsp3) is 0.750. The van der Waals surface area contributed by atoms with Crippen molar-refractivity contribution in [1.29, 1.82) is 0 Å². The highest BCUT2D eigenvalue weighted by molar-refractivity contribution is 5.86. The van der Waals surface area contributed by atoms with Gasteiger partial charge in [0.2, 0.25) is 5.91 Å². The number of hydrogen-bond donors (Lipinski definition) is 1. The predicted octanol–water partition coefficient (Wildman–Crippen LogP) is 1.88. The molecule has 0 aromatic carbocycles. The summed E-state index contributed by atoms with van der Waals surface area (Å²) in [6, 6.07) is 0. The van der Waals surface area contributed by atoms with Crippen molar-refractivity contribution < 1.29 is 9.53 Å². The molecule has 1 amide bonds. The second kappa shape index (κ2) is 6.62. The Labute approximate surface area is 91.9 Å². The Morgan fingerprint density at radius 2 is 2.27 bits per heavy atom.